The average Bonchev–Trinajstić information content (AvgIpc) is 3.19. The van der Waals surface area contributed by atoms with Gasteiger partial charge < -0.3 is 5.73 Å². The summed E-state index contributed by atoms with van der Waals surface area (Å²) >= 11 is 0. The Kier molecular flexibility index (Phi) is 3.34. The van der Waals surface area contributed by atoms with Crippen LogP contribution in [0.25, 0.3) is 0 Å². The monoisotopic (exact) mass is 265 g/mol. The molecule has 0 spiro atoms. The summed E-state index contributed by atoms with van der Waals surface area (Å²) in [5.41, 5.74) is 6.56. The fourth-order valence-electron chi connectivity index (χ4n) is 3.64. The number of hydrogen-bond donors (Lipinski definition) is 1. The van der Waals surface area contributed by atoms with E-state index in [1.54, 1.807) is 12.1 Å². The molecule has 0 aromatic heterocycles. The summed E-state index contributed by atoms with van der Waals surface area (Å²) < 4.78 is 27.0. The van der Waals surface area contributed by atoms with Crippen LogP contribution in [-0.2, 0) is 6.42 Å². The Morgan fingerprint density at radius 1 is 1.16 bits per heavy atom. The summed E-state index contributed by atoms with van der Waals surface area (Å²) in [4.78, 5) is 0. The van der Waals surface area contributed by atoms with E-state index in [0.29, 0.717) is 17.9 Å². The van der Waals surface area contributed by atoms with Crippen LogP contribution in [0.1, 0.15) is 44.1 Å². The second-order valence-corrected chi connectivity index (χ2v) is 6.45. The Hall–Kier alpha value is -0.960. The van der Waals surface area contributed by atoms with Crippen LogP contribution in [0.3, 0.4) is 0 Å². The molecule has 0 heterocycles. The van der Waals surface area contributed by atoms with Crippen LogP contribution in [0.5, 0.6) is 0 Å². The largest absolute Gasteiger partial charge is 0.325 e. The molecule has 0 aliphatic heterocycles. The minimum Gasteiger partial charge on any atom is -0.325 e. The molecule has 3 heteroatoms. The Labute approximate surface area is 113 Å². The Morgan fingerprint density at radius 3 is 2.68 bits per heavy atom. The van der Waals surface area contributed by atoms with Gasteiger partial charge in [0.05, 0.1) is 0 Å². The maximum absolute atomic E-state index is 13.8. The highest BCUT2D eigenvalue weighted by atomic mass is 19.2. The van der Waals surface area contributed by atoms with Gasteiger partial charge in [-0.1, -0.05) is 25.0 Å². The van der Waals surface area contributed by atoms with E-state index in [4.69, 9.17) is 5.73 Å². The Morgan fingerprint density at radius 2 is 1.95 bits per heavy atom. The van der Waals surface area contributed by atoms with Gasteiger partial charge >= 0.3 is 0 Å². The van der Waals surface area contributed by atoms with Crippen molar-refractivity contribution in [2.45, 2.75) is 50.5 Å². The van der Waals surface area contributed by atoms with E-state index >= 15 is 0 Å². The summed E-state index contributed by atoms with van der Waals surface area (Å²) in [6.45, 7) is 0. The van der Waals surface area contributed by atoms with E-state index in [9.17, 15) is 8.78 Å². The lowest BCUT2D eigenvalue weighted by Gasteiger charge is -2.38. The molecular weight excluding hydrogens is 244 g/mol. The first kappa shape index (κ1) is 13.0. The van der Waals surface area contributed by atoms with Gasteiger partial charge in [-0.15, -0.1) is 0 Å². The van der Waals surface area contributed by atoms with Crippen LogP contribution in [0.2, 0.25) is 0 Å². The molecule has 2 saturated carbocycles. The normalized spacial score (nSPS) is 31.4. The number of nitrogens with two attached hydrogens (primary N) is 1. The smallest absolute Gasteiger partial charge is 0.162 e. The third-order valence-electron chi connectivity index (χ3n) is 4.78. The lowest BCUT2D eigenvalue weighted by Crippen LogP contribution is -2.46. The summed E-state index contributed by atoms with van der Waals surface area (Å²) in [6.07, 6.45) is 7.38. The highest BCUT2D eigenvalue weighted by Crippen LogP contribution is 2.46. The predicted molar refractivity (Wildman–Crippen MR) is 71.7 cm³/mol. The molecule has 2 atom stereocenters. The standard InChI is InChI=1S/C16H21F2N/c17-14-5-1-3-13(15(14)18)10-16(19)8-2-4-12(9-16)11-6-7-11/h1,3,5,11-12H,2,4,6-10,19H2. The Bertz CT molecular complexity index is 470. The van der Waals surface area contributed by atoms with Crippen molar-refractivity contribution in [3.05, 3.63) is 35.4 Å². The lowest BCUT2D eigenvalue weighted by atomic mass is 9.72. The molecule has 0 radical (unpaired) electrons. The van der Waals surface area contributed by atoms with Crippen molar-refractivity contribution in [3.8, 4) is 0 Å². The number of benzene rings is 1. The first-order chi connectivity index (χ1) is 9.07. The van der Waals surface area contributed by atoms with Crippen LogP contribution >= 0.6 is 0 Å². The molecule has 0 amide bonds. The van der Waals surface area contributed by atoms with Gasteiger partial charge in [0.1, 0.15) is 0 Å². The predicted octanol–water partition coefficient (Wildman–Crippen LogP) is 3.81. The van der Waals surface area contributed by atoms with Gasteiger partial charge in [0.2, 0.25) is 0 Å². The minimum atomic E-state index is -0.768. The molecule has 1 nitrogen and oxygen atoms in total. The highest BCUT2D eigenvalue weighted by Gasteiger charge is 2.40. The van der Waals surface area contributed by atoms with E-state index in [2.05, 4.69) is 0 Å². The first-order valence-corrected chi connectivity index (χ1v) is 7.29. The maximum atomic E-state index is 13.8. The molecule has 104 valence electrons. The molecule has 0 bridgehead atoms. The van der Waals surface area contributed by atoms with Gasteiger partial charge in [-0.3, -0.25) is 0 Å². The molecular formula is C16H21F2N. The van der Waals surface area contributed by atoms with Crippen molar-refractivity contribution < 1.29 is 8.78 Å². The van der Waals surface area contributed by atoms with Crippen molar-refractivity contribution in [3.63, 3.8) is 0 Å². The van der Waals surface area contributed by atoms with Gasteiger partial charge in [0.25, 0.3) is 0 Å². The number of halogens is 2. The maximum Gasteiger partial charge on any atom is 0.162 e. The number of hydrogen-bond acceptors (Lipinski definition) is 1. The summed E-state index contributed by atoms with van der Waals surface area (Å²) in [5, 5.41) is 0. The molecule has 2 aliphatic carbocycles. The van der Waals surface area contributed by atoms with Crippen LogP contribution in [0.4, 0.5) is 8.78 Å². The molecule has 19 heavy (non-hydrogen) atoms. The first-order valence-electron chi connectivity index (χ1n) is 7.29. The molecule has 3 rings (SSSR count). The average molecular weight is 265 g/mol. The molecule has 1 aromatic rings. The highest BCUT2D eigenvalue weighted by molar-refractivity contribution is 5.22. The Balaban J connectivity index is 1.75. The van der Waals surface area contributed by atoms with E-state index in [1.165, 1.54) is 19.3 Å². The van der Waals surface area contributed by atoms with Crippen LogP contribution < -0.4 is 5.73 Å². The minimum absolute atomic E-state index is 0.347. The fraction of sp³-hybridized carbons (Fsp3) is 0.625. The lowest BCUT2D eigenvalue weighted by molar-refractivity contribution is 0.203. The summed E-state index contributed by atoms with van der Waals surface area (Å²) in [7, 11) is 0. The summed E-state index contributed by atoms with van der Waals surface area (Å²) in [6, 6.07) is 4.39. The van der Waals surface area contributed by atoms with Gasteiger partial charge in [-0.25, -0.2) is 8.78 Å². The van der Waals surface area contributed by atoms with Gasteiger partial charge in [0.15, 0.2) is 11.6 Å². The van der Waals surface area contributed by atoms with Crippen molar-refractivity contribution in [2.24, 2.45) is 17.6 Å². The van der Waals surface area contributed by atoms with Crippen LogP contribution in [0, 0.1) is 23.5 Å². The zero-order chi connectivity index (χ0) is 13.5. The molecule has 1 aromatic carbocycles. The molecule has 2 N–H and O–H groups in total. The van der Waals surface area contributed by atoms with Crippen LogP contribution in [-0.4, -0.2) is 5.54 Å². The second kappa shape index (κ2) is 4.86. The van der Waals surface area contributed by atoms with Crippen LogP contribution in [0.15, 0.2) is 18.2 Å². The molecule has 2 aliphatic rings. The molecule has 2 unspecified atom stereocenters. The zero-order valence-corrected chi connectivity index (χ0v) is 11.2. The molecule has 2 fully saturated rings. The zero-order valence-electron chi connectivity index (χ0n) is 11.2. The van der Waals surface area contributed by atoms with Crippen molar-refractivity contribution in [2.75, 3.05) is 0 Å². The van der Waals surface area contributed by atoms with Crippen molar-refractivity contribution >= 4 is 0 Å². The SMILES string of the molecule is NC1(Cc2cccc(F)c2F)CCCC(C2CC2)C1. The second-order valence-electron chi connectivity index (χ2n) is 6.45. The summed E-state index contributed by atoms with van der Waals surface area (Å²) in [5.74, 6) is 0.0625. The third kappa shape index (κ3) is 2.81. The van der Waals surface area contributed by atoms with Gasteiger partial charge in [0, 0.05) is 5.54 Å². The number of rotatable bonds is 3. The quantitative estimate of drug-likeness (QED) is 0.883. The van der Waals surface area contributed by atoms with E-state index < -0.39 is 11.6 Å². The van der Waals surface area contributed by atoms with E-state index in [1.807, 2.05) is 0 Å². The van der Waals surface area contributed by atoms with Crippen molar-refractivity contribution in [1.29, 1.82) is 0 Å². The third-order valence-corrected chi connectivity index (χ3v) is 4.78. The van der Waals surface area contributed by atoms with Crippen molar-refractivity contribution in [1.82, 2.24) is 0 Å². The fourth-order valence-corrected chi connectivity index (χ4v) is 3.64. The van der Waals surface area contributed by atoms with Gasteiger partial charge in [-0.05, 0) is 55.6 Å². The van der Waals surface area contributed by atoms with E-state index in [-0.39, 0.29) is 5.54 Å². The topological polar surface area (TPSA) is 26.0 Å². The van der Waals surface area contributed by atoms with Gasteiger partial charge in [-0.2, -0.15) is 0 Å². The molecule has 0 saturated heterocycles. The van der Waals surface area contributed by atoms with E-state index in [0.717, 1.165) is 31.2 Å².